The number of hydrogen-bond donors (Lipinski definition) is 0. The van der Waals surface area contributed by atoms with Gasteiger partial charge in [-0.3, -0.25) is 4.79 Å². The molecular weight excluding hydrogens is 286 g/mol. The summed E-state index contributed by atoms with van der Waals surface area (Å²) in [6.07, 6.45) is 10.4. The molecular formula is C19H29N3O. The first kappa shape index (κ1) is 16.3. The topological polar surface area (TPSA) is 36.4 Å². The lowest BCUT2D eigenvalue weighted by Gasteiger charge is -2.41. The number of hydrogen-bond acceptors (Lipinski definition) is 3. The quantitative estimate of drug-likeness (QED) is 0.838. The Kier molecular flexibility index (Phi) is 5.52. The Morgan fingerprint density at radius 1 is 1.09 bits per heavy atom. The molecule has 4 nitrogen and oxygen atoms in total. The van der Waals surface area contributed by atoms with E-state index in [1.807, 2.05) is 18.3 Å². The van der Waals surface area contributed by atoms with Crippen molar-refractivity contribution in [2.75, 3.05) is 24.5 Å². The lowest BCUT2D eigenvalue weighted by Crippen LogP contribution is -2.55. The molecule has 0 bridgehead atoms. The summed E-state index contributed by atoms with van der Waals surface area (Å²) in [5.74, 6) is 1.70. The van der Waals surface area contributed by atoms with Gasteiger partial charge < -0.3 is 9.80 Å². The molecule has 3 rings (SSSR count). The van der Waals surface area contributed by atoms with E-state index < -0.39 is 0 Å². The Morgan fingerprint density at radius 2 is 1.83 bits per heavy atom. The fourth-order valence-electron chi connectivity index (χ4n) is 3.98. The van der Waals surface area contributed by atoms with E-state index in [9.17, 15) is 4.79 Å². The second kappa shape index (κ2) is 7.80. The van der Waals surface area contributed by atoms with Gasteiger partial charge in [0.25, 0.3) is 0 Å². The minimum Gasteiger partial charge on any atom is -0.350 e. The first-order chi connectivity index (χ1) is 11.3. The second-order valence-corrected chi connectivity index (χ2v) is 7.06. The number of rotatable bonds is 2. The molecule has 0 N–H and O–H groups in total. The van der Waals surface area contributed by atoms with Crippen molar-refractivity contribution in [2.45, 2.75) is 57.9 Å². The molecule has 1 saturated heterocycles. The van der Waals surface area contributed by atoms with Crippen LogP contribution >= 0.6 is 0 Å². The number of pyridine rings is 1. The van der Waals surface area contributed by atoms with Gasteiger partial charge in [0.15, 0.2) is 0 Å². The highest BCUT2D eigenvalue weighted by molar-refractivity contribution is 5.79. The first-order valence-corrected chi connectivity index (χ1v) is 9.22. The molecule has 0 aromatic carbocycles. The van der Waals surface area contributed by atoms with Gasteiger partial charge >= 0.3 is 0 Å². The second-order valence-electron chi connectivity index (χ2n) is 7.06. The average molecular weight is 315 g/mol. The summed E-state index contributed by atoms with van der Waals surface area (Å²) in [7, 11) is 0. The van der Waals surface area contributed by atoms with E-state index in [2.05, 4.69) is 27.8 Å². The standard InChI is InChI=1S/C19H29N3O/c1-16-15-21(13-14-22(16)18-11-7-8-12-20-18)19(23)17-9-5-3-2-4-6-10-17/h7-8,11-12,16-17H,2-6,9-10,13-15H2,1H3/t16-/m1/s1. The molecule has 2 fully saturated rings. The lowest BCUT2D eigenvalue weighted by atomic mass is 9.90. The van der Waals surface area contributed by atoms with Crippen molar-refractivity contribution >= 4 is 11.7 Å². The molecule has 23 heavy (non-hydrogen) atoms. The number of piperazine rings is 1. The van der Waals surface area contributed by atoms with Crippen LogP contribution < -0.4 is 4.90 Å². The van der Waals surface area contributed by atoms with E-state index in [0.29, 0.717) is 11.9 Å². The van der Waals surface area contributed by atoms with Crippen LogP contribution in [0.15, 0.2) is 24.4 Å². The van der Waals surface area contributed by atoms with Gasteiger partial charge in [0.1, 0.15) is 5.82 Å². The van der Waals surface area contributed by atoms with E-state index in [4.69, 9.17) is 0 Å². The van der Waals surface area contributed by atoms with Crippen LogP contribution in [0.3, 0.4) is 0 Å². The number of amides is 1. The van der Waals surface area contributed by atoms with E-state index in [0.717, 1.165) is 38.3 Å². The third kappa shape index (κ3) is 4.04. The van der Waals surface area contributed by atoms with Crippen LogP contribution in [0.25, 0.3) is 0 Å². The minimum absolute atomic E-state index is 0.268. The molecule has 1 aromatic heterocycles. The van der Waals surface area contributed by atoms with Crippen molar-refractivity contribution in [3.63, 3.8) is 0 Å². The van der Waals surface area contributed by atoms with Gasteiger partial charge in [0.2, 0.25) is 5.91 Å². The average Bonchev–Trinajstić information content (AvgIpc) is 2.55. The van der Waals surface area contributed by atoms with Crippen molar-refractivity contribution in [3.8, 4) is 0 Å². The van der Waals surface area contributed by atoms with E-state index in [-0.39, 0.29) is 5.92 Å². The first-order valence-electron chi connectivity index (χ1n) is 9.22. The summed E-state index contributed by atoms with van der Waals surface area (Å²) in [6, 6.07) is 6.36. The molecule has 1 atom stereocenters. The van der Waals surface area contributed by atoms with Crippen LogP contribution in [0.1, 0.15) is 51.9 Å². The van der Waals surface area contributed by atoms with Crippen molar-refractivity contribution in [1.29, 1.82) is 0 Å². The Labute approximate surface area is 139 Å². The summed E-state index contributed by atoms with van der Waals surface area (Å²) in [5, 5.41) is 0. The maximum atomic E-state index is 12.9. The highest BCUT2D eigenvalue weighted by Crippen LogP contribution is 2.26. The molecule has 4 heteroatoms. The Bertz CT molecular complexity index is 497. The van der Waals surface area contributed by atoms with Gasteiger partial charge in [-0.25, -0.2) is 4.98 Å². The van der Waals surface area contributed by atoms with Crippen LogP contribution in [0.4, 0.5) is 5.82 Å². The smallest absolute Gasteiger partial charge is 0.225 e. The van der Waals surface area contributed by atoms with E-state index in [1.165, 1.54) is 32.1 Å². The maximum Gasteiger partial charge on any atom is 0.225 e. The number of carbonyl (C=O) groups is 1. The zero-order valence-corrected chi connectivity index (χ0v) is 14.3. The van der Waals surface area contributed by atoms with Crippen LogP contribution in [-0.2, 0) is 4.79 Å². The number of nitrogens with zero attached hydrogens (tertiary/aromatic N) is 3. The molecule has 1 aliphatic heterocycles. The highest BCUT2D eigenvalue weighted by atomic mass is 16.2. The minimum atomic E-state index is 0.268. The third-order valence-electron chi connectivity index (χ3n) is 5.34. The van der Waals surface area contributed by atoms with Gasteiger partial charge in [0, 0.05) is 37.8 Å². The molecule has 0 spiro atoms. The number of anilines is 1. The Hall–Kier alpha value is -1.58. The van der Waals surface area contributed by atoms with E-state index in [1.54, 1.807) is 0 Å². The van der Waals surface area contributed by atoms with Gasteiger partial charge in [-0.1, -0.05) is 38.2 Å². The predicted molar refractivity (Wildman–Crippen MR) is 93.4 cm³/mol. The maximum absolute atomic E-state index is 12.9. The monoisotopic (exact) mass is 315 g/mol. The summed E-state index contributed by atoms with van der Waals surface area (Å²) in [4.78, 5) is 21.8. The molecule has 0 unspecified atom stereocenters. The summed E-state index contributed by atoms with van der Waals surface area (Å²) >= 11 is 0. The lowest BCUT2D eigenvalue weighted by molar-refractivity contribution is -0.137. The van der Waals surface area contributed by atoms with Crippen molar-refractivity contribution < 1.29 is 4.79 Å². The molecule has 1 aromatic rings. The molecule has 126 valence electrons. The molecule has 1 amide bonds. The van der Waals surface area contributed by atoms with Crippen LogP contribution in [-0.4, -0.2) is 41.5 Å². The largest absolute Gasteiger partial charge is 0.350 e. The summed E-state index contributed by atoms with van der Waals surface area (Å²) in [6.45, 7) is 4.74. The Morgan fingerprint density at radius 3 is 2.48 bits per heavy atom. The van der Waals surface area contributed by atoms with Crippen molar-refractivity contribution in [2.24, 2.45) is 5.92 Å². The number of aromatic nitrogens is 1. The van der Waals surface area contributed by atoms with Crippen LogP contribution in [0.5, 0.6) is 0 Å². The summed E-state index contributed by atoms with van der Waals surface area (Å²) < 4.78 is 0. The molecule has 2 aliphatic rings. The van der Waals surface area contributed by atoms with E-state index >= 15 is 0 Å². The predicted octanol–water partition coefficient (Wildman–Crippen LogP) is 3.48. The van der Waals surface area contributed by atoms with Gasteiger partial charge in [-0.15, -0.1) is 0 Å². The number of carbonyl (C=O) groups excluding carboxylic acids is 1. The van der Waals surface area contributed by atoms with Crippen LogP contribution in [0.2, 0.25) is 0 Å². The molecule has 1 aliphatic carbocycles. The highest BCUT2D eigenvalue weighted by Gasteiger charge is 2.31. The SMILES string of the molecule is C[C@@H]1CN(C(=O)C2CCCCCCC2)CCN1c1ccccn1. The van der Waals surface area contributed by atoms with Gasteiger partial charge in [0.05, 0.1) is 0 Å². The van der Waals surface area contributed by atoms with Gasteiger partial charge in [-0.2, -0.15) is 0 Å². The van der Waals surface area contributed by atoms with Crippen molar-refractivity contribution in [3.05, 3.63) is 24.4 Å². The molecule has 2 heterocycles. The fraction of sp³-hybridized carbons (Fsp3) is 0.684. The normalized spacial score (nSPS) is 24.1. The third-order valence-corrected chi connectivity index (χ3v) is 5.34. The molecule has 1 saturated carbocycles. The van der Waals surface area contributed by atoms with Gasteiger partial charge in [-0.05, 0) is 31.9 Å². The zero-order chi connectivity index (χ0) is 16.1. The fourth-order valence-corrected chi connectivity index (χ4v) is 3.98. The van der Waals surface area contributed by atoms with Crippen LogP contribution in [0, 0.1) is 5.92 Å². The van der Waals surface area contributed by atoms with Crippen molar-refractivity contribution in [1.82, 2.24) is 9.88 Å². The zero-order valence-electron chi connectivity index (χ0n) is 14.3. The Balaban J connectivity index is 1.59. The summed E-state index contributed by atoms with van der Waals surface area (Å²) in [5.41, 5.74) is 0. The molecule has 0 radical (unpaired) electrons.